The van der Waals surface area contributed by atoms with Crippen LogP contribution >= 0.6 is 0 Å². The molecule has 3 aromatic rings. The number of benzene rings is 1. The standard InChI is InChI=1S/C23H28N6O2/c1-16-21(23(30)25-10-17-5-4-6-20(9-17)31-3)12-24-22(27-16)19-7-8-29(15-19)14-18-11-26-28(2)13-18/h4-6,9,11-13,19H,7-8,10,14-15H2,1-3H3,(H,25,30)/t19-/m1/s1. The van der Waals surface area contributed by atoms with Gasteiger partial charge >= 0.3 is 0 Å². The van der Waals surface area contributed by atoms with E-state index in [0.717, 1.165) is 43.2 Å². The molecule has 8 nitrogen and oxygen atoms in total. The maximum Gasteiger partial charge on any atom is 0.254 e. The highest BCUT2D eigenvalue weighted by molar-refractivity contribution is 5.94. The minimum absolute atomic E-state index is 0.170. The van der Waals surface area contributed by atoms with Gasteiger partial charge in [-0.05, 0) is 37.6 Å². The van der Waals surface area contributed by atoms with E-state index in [2.05, 4.69) is 25.3 Å². The minimum atomic E-state index is -0.170. The molecule has 3 heterocycles. The third-order valence-electron chi connectivity index (χ3n) is 5.63. The number of aryl methyl sites for hydroxylation is 2. The van der Waals surface area contributed by atoms with E-state index in [4.69, 9.17) is 4.74 Å². The van der Waals surface area contributed by atoms with Crippen LogP contribution in [0.15, 0.2) is 42.9 Å². The number of carbonyl (C=O) groups is 1. The van der Waals surface area contributed by atoms with Gasteiger partial charge in [-0.1, -0.05) is 12.1 Å². The van der Waals surface area contributed by atoms with Crippen molar-refractivity contribution in [2.45, 2.75) is 32.4 Å². The highest BCUT2D eigenvalue weighted by atomic mass is 16.5. The van der Waals surface area contributed by atoms with Crippen LogP contribution in [0.4, 0.5) is 0 Å². The molecule has 1 N–H and O–H groups in total. The van der Waals surface area contributed by atoms with Crippen LogP contribution in [0.3, 0.4) is 0 Å². The topological polar surface area (TPSA) is 85.2 Å². The lowest BCUT2D eigenvalue weighted by atomic mass is 10.1. The number of likely N-dealkylation sites (tertiary alicyclic amines) is 1. The molecule has 1 saturated heterocycles. The summed E-state index contributed by atoms with van der Waals surface area (Å²) in [6.07, 6.45) is 6.63. The number of rotatable bonds is 7. The van der Waals surface area contributed by atoms with Crippen LogP contribution in [-0.4, -0.2) is 50.8 Å². The lowest BCUT2D eigenvalue weighted by Crippen LogP contribution is -2.25. The van der Waals surface area contributed by atoms with Gasteiger partial charge in [0.1, 0.15) is 11.6 Å². The van der Waals surface area contributed by atoms with E-state index in [1.54, 1.807) is 13.3 Å². The molecule has 4 rings (SSSR count). The van der Waals surface area contributed by atoms with Crippen molar-refractivity contribution in [1.29, 1.82) is 0 Å². The molecular weight excluding hydrogens is 392 g/mol. The number of methoxy groups -OCH3 is 1. The van der Waals surface area contributed by atoms with E-state index in [0.29, 0.717) is 17.8 Å². The molecule has 2 aromatic heterocycles. The van der Waals surface area contributed by atoms with Gasteiger partial charge < -0.3 is 10.1 Å². The average Bonchev–Trinajstić information content (AvgIpc) is 3.41. The van der Waals surface area contributed by atoms with E-state index in [-0.39, 0.29) is 11.8 Å². The predicted molar refractivity (Wildman–Crippen MR) is 117 cm³/mol. The van der Waals surface area contributed by atoms with Crippen LogP contribution in [0.2, 0.25) is 0 Å². The Hall–Kier alpha value is -3.26. The van der Waals surface area contributed by atoms with Crippen LogP contribution < -0.4 is 10.1 Å². The van der Waals surface area contributed by atoms with E-state index < -0.39 is 0 Å². The van der Waals surface area contributed by atoms with Gasteiger partial charge in [0, 0.05) is 50.6 Å². The molecule has 0 aliphatic carbocycles. The molecule has 0 unspecified atom stereocenters. The Labute approximate surface area is 182 Å². The summed E-state index contributed by atoms with van der Waals surface area (Å²) < 4.78 is 7.06. The van der Waals surface area contributed by atoms with Crippen molar-refractivity contribution in [2.24, 2.45) is 7.05 Å². The smallest absolute Gasteiger partial charge is 0.254 e. The number of hydrogen-bond acceptors (Lipinski definition) is 6. The first-order valence-electron chi connectivity index (χ1n) is 10.5. The van der Waals surface area contributed by atoms with Gasteiger partial charge in [-0.15, -0.1) is 0 Å². The first-order chi connectivity index (χ1) is 15.0. The summed E-state index contributed by atoms with van der Waals surface area (Å²) in [4.78, 5) is 24.2. The fourth-order valence-electron chi connectivity index (χ4n) is 3.96. The lowest BCUT2D eigenvalue weighted by molar-refractivity contribution is 0.0949. The number of hydrogen-bond donors (Lipinski definition) is 1. The number of aromatic nitrogens is 4. The molecule has 1 atom stereocenters. The molecule has 0 saturated carbocycles. The third kappa shape index (κ3) is 5.08. The average molecular weight is 421 g/mol. The third-order valence-corrected chi connectivity index (χ3v) is 5.63. The number of carbonyl (C=O) groups excluding carboxylic acids is 1. The molecule has 31 heavy (non-hydrogen) atoms. The highest BCUT2D eigenvalue weighted by Gasteiger charge is 2.27. The number of amides is 1. The van der Waals surface area contributed by atoms with Crippen molar-refractivity contribution in [3.8, 4) is 5.75 Å². The van der Waals surface area contributed by atoms with Gasteiger partial charge in [0.2, 0.25) is 0 Å². The monoisotopic (exact) mass is 420 g/mol. The summed E-state index contributed by atoms with van der Waals surface area (Å²) in [6, 6.07) is 7.64. The fraction of sp³-hybridized carbons (Fsp3) is 0.391. The molecule has 8 heteroatoms. The van der Waals surface area contributed by atoms with Gasteiger partial charge in [-0.3, -0.25) is 14.4 Å². The van der Waals surface area contributed by atoms with Crippen molar-refractivity contribution < 1.29 is 9.53 Å². The van der Waals surface area contributed by atoms with E-state index >= 15 is 0 Å². The SMILES string of the molecule is COc1cccc(CNC(=O)c2cnc([C@@H]3CCN(Cc4cnn(C)c4)C3)nc2C)c1. The maximum absolute atomic E-state index is 12.6. The summed E-state index contributed by atoms with van der Waals surface area (Å²) >= 11 is 0. The summed E-state index contributed by atoms with van der Waals surface area (Å²) in [5.74, 6) is 1.70. The Balaban J connectivity index is 1.35. The second-order valence-electron chi connectivity index (χ2n) is 8.00. The van der Waals surface area contributed by atoms with Crippen molar-refractivity contribution in [1.82, 2.24) is 30.0 Å². The molecule has 1 amide bonds. The quantitative estimate of drug-likeness (QED) is 0.632. The summed E-state index contributed by atoms with van der Waals surface area (Å²) in [5.41, 5.74) is 3.40. The number of ether oxygens (including phenoxy) is 1. The first kappa shape index (κ1) is 21.0. The largest absolute Gasteiger partial charge is 0.497 e. The summed E-state index contributed by atoms with van der Waals surface area (Å²) in [7, 11) is 3.56. The maximum atomic E-state index is 12.6. The second kappa shape index (κ2) is 9.26. The molecule has 0 bridgehead atoms. The number of nitrogens with one attached hydrogen (secondary N) is 1. The zero-order chi connectivity index (χ0) is 21.8. The van der Waals surface area contributed by atoms with Crippen molar-refractivity contribution >= 4 is 5.91 Å². The Morgan fingerprint density at radius 2 is 2.16 bits per heavy atom. The van der Waals surface area contributed by atoms with Crippen LogP contribution in [0, 0.1) is 6.92 Å². The van der Waals surface area contributed by atoms with Gasteiger partial charge in [0.25, 0.3) is 5.91 Å². The zero-order valence-electron chi connectivity index (χ0n) is 18.2. The van der Waals surface area contributed by atoms with Gasteiger partial charge in [-0.25, -0.2) is 9.97 Å². The molecule has 0 spiro atoms. The molecule has 0 radical (unpaired) electrons. The van der Waals surface area contributed by atoms with Crippen molar-refractivity contribution in [3.05, 3.63) is 71.1 Å². The van der Waals surface area contributed by atoms with E-state index in [1.165, 1.54) is 5.56 Å². The van der Waals surface area contributed by atoms with Gasteiger partial charge in [-0.2, -0.15) is 5.10 Å². The molecular formula is C23H28N6O2. The van der Waals surface area contributed by atoms with E-state index in [1.807, 2.05) is 55.3 Å². The molecule has 162 valence electrons. The van der Waals surface area contributed by atoms with Gasteiger partial charge in [0.15, 0.2) is 0 Å². The second-order valence-corrected chi connectivity index (χ2v) is 8.00. The Morgan fingerprint density at radius 3 is 2.90 bits per heavy atom. The zero-order valence-corrected chi connectivity index (χ0v) is 18.2. The lowest BCUT2D eigenvalue weighted by Gasteiger charge is -2.15. The molecule has 1 aliphatic rings. The predicted octanol–water partition coefficient (Wildman–Crippen LogP) is 2.45. The van der Waals surface area contributed by atoms with Crippen LogP contribution in [0.1, 0.15) is 45.3 Å². The van der Waals surface area contributed by atoms with Crippen LogP contribution in [0.25, 0.3) is 0 Å². The van der Waals surface area contributed by atoms with Gasteiger partial charge in [0.05, 0.1) is 24.6 Å². The first-order valence-corrected chi connectivity index (χ1v) is 10.5. The van der Waals surface area contributed by atoms with Crippen molar-refractivity contribution in [3.63, 3.8) is 0 Å². The van der Waals surface area contributed by atoms with Crippen LogP contribution in [-0.2, 0) is 20.1 Å². The summed E-state index contributed by atoms with van der Waals surface area (Å²) in [5, 5.41) is 7.18. The van der Waals surface area contributed by atoms with E-state index in [9.17, 15) is 4.79 Å². The minimum Gasteiger partial charge on any atom is -0.497 e. The Kier molecular flexibility index (Phi) is 6.27. The molecule has 1 aromatic carbocycles. The molecule has 1 fully saturated rings. The highest BCUT2D eigenvalue weighted by Crippen LogP contribution is 2.26. The van der Waals surface area contributed by atoms with Crippen molar-refractivity contribution in [2.75, 3.05) is 20.2 Å². The Bertz CT molecular complexity index is 1060. The summed E-state index contributed by atoms with van der Waals surface area (Å²) in [6.45, 7) is 5.09. The Morgan fingerprint density at radius 1 is 1.29 bits per heavy atom. The number of nitrogens with zero attached hydrogens (tertiary/aromatic N) is 5. The normalized spacial score (nSPS) is 16.4. The fourth-order valence-corrected chi connectivity index (χ4v) is 3.96. The molecule has 1 aliphatic heterocycles. The van der Waals surface area contributed by atoms with Crippen LogP contribution in [0.5, 0.6) is 5.75 Å².